The number of carbonyl (C=O) groups is 2. The normalized spacial score (nSPS) is 17.2. The number of thioether (sulfide) groups is 1. The van der Waals surface area contributed by atoms with Crippen LogP contribution in [0.15, 0.2) is 41.8 Å². The minimum absolute atomic E-state index is 0.249. The minimum atomic E-state index is -1.06. The minimum Gasteiger partial charge on any atom is -0.490 e. The van der Waals surface area contributed by atoms with Gasteiger partial charge in [-0.05, 0) is 29.7 Å². The fourth-order valence-electron chi connectivity index (χ4n) is 2.38. The fraction of sp³-hybridized carbons (Fsp3) is 0.278. The number of aliphatic carboxylic acids is 1. The van der Waals surface area contributed by atoms with E-state index in [4.69, 9.17) is 17.0 Å². The van der Waals surface area contributed by atoms with Gasteiger partial charge in [0, 0.05) is 0 Å². The quantitative estimate of drug-likeness (QED) is 0.445. The van der Waals surface area contributed by atoms with E-state index < -0.39 is 12.0 Å². The summed E-state index contributed by atoms with van der Waals surface area (Å²) in [5.74, 6) is -0.977. The predicted octanol–water partition coefficient (Wildman–Crippen LogP) is 3.56. The zero-order chi connectivity index (χ0) is 18.6. The number of amides is 1. The number of hydrogen-bond donors (Lipinski definition) is 1. The highest BCUT2D eigenvalue weighted by Crippen LogP contribution is 2.35. The summed E-state index contributed by atoms with van der Waals surface area (Å²) in [5.41, 5.74) is 0.808. The molecule has 1 atom stereocenters. The van der Waals surface area contributed by atoms with E-state index in [0.717, 1.165) is 17.3 Å². The molecular weight excluding hydrogens is 358 g/mol. The highest BCUT2D eigenvalue weighted by Gasteiger charge is 2.41. The molecule has 5 nitrogen and oxygen atoms in total. The van der Waals surface area contributed by atoms with Crippen molar-refractivity contribution in [1.82, 2.24) is 4.90 Å². The van der Waals surface area contributed by atoms with Gasteiger partial charge in [-0.2, -0.15) is 0 Å². The predicted molar refractivity (Wildman–Crippen MR) is 103 cm³/mol. The van der Waals surface area contributed by atoms with Gasteiger partial charge >= 0.3 is 5.97 Å². The first-order chi connectivity index (χ1) is 11.8. The molecule has 0 radical (unpaired) electrons. The second kappa shape index (κ2) is 8.31. The molecule has 1 fully saturated rings. The molecule has 1 aromatic carbocycles. The molecule has 0 aliphatic carbocycles. The summed E-state index contributed by atoms with van der Waals surface area (Å²) in [4.78, 5) is 25.7. The third-order valence-electron chi connectivity index (χ3n) is 3.53. The van der Waals surface area contributed by atoms with Gasteiger partial charge in [-0.15, -0.1) is 0 Å². The van der Waals surface area contributed by atoms with E-state index in [0.29, 0.717) is 17.3 Å². The SMILES string of the molecule is C=CCOc1ccc(/C=C2\SC(=S)N(C(C(=O)O)C(C)C)C2=O)cc1. The van der Waals surface area contributed by atoms with Crippen LogP contribution in [-0.2, 0) is 9.59 Å². The van der Waals surface area contributed by atoms with Crippen molar-refractivity contribution in [2.24, 2.45) is 5.92 Å². The molecule has 1 amide bonds. The van der Waals surface area contributed by atoms with Crippen molar-refractivity contribution >= 4 is 46.3 Å². The second-order valence-electron chi connectivity index (χ2n) is 5.75. The Morgan fingerprint density at radius 1 is 1.40 bits per heavy atom. The smallest absolute Gasteiger partial charge is 0.327 e. The number of rotatable bonds is 7. The number of carboxylic acids is 1. The Morgan fingerprint density at radius 3 is 2.56 bits per heavy atom. The topological polar surface area (TPSA) is 66.8 Å². The number of ether oxygens (including phenoxy) is 1. The molecule has 132 valence electrons. The number of nitrogens with zero attached hydrogens (tertiary/aromatic N) is 1. The average molecular weight is 377 g/mol. The maximum Gasteiger partial charge on any atom is 0.327 e. The molecule has 1 aliphatic rings. The summed E-state index contributed by atoms with van der Waals surface area (Å²) in [5, 5.41) is 9.41. The van der Waals surface area contributed by atoms with Crippen molar-refractivity contribution in [3.05, 3.63) is 47.4 Å². The van der Waals surface area contributed by atoms with Gasteiger partial charge in [-0.3, -0.25) is 9.69 Å². The van der Waals surface area contributed by atoms with Gasteiger partial charge in [0.05, 0.1) is 4.91 Å². The Labute approximate surface area is 156 Å². The molecule has 2 rings (SSSR count). The van der Waals surface area contributed by atoms with E-state index in [-0.39, 0.29) is 16.1 Å². The van der Waals surface area contributed by atoms with Gasteiger partial charge in [-0.25, -0.2) is 4.79 Å². The van der Waals surface area contributed by atoms with Gasteiger partial charge in [0.25, 0.3) is 5.91 Å². The van der Waals surface area contributed by atoms with Gasteiger partial charge in [-0.1, -0.05) is 62.6 Å². The van der Waals surface area contributed by atoms with Crippen LogP contribution in [0.25, 0.3) is 6.08 Å². The first-order valence-corrected chi connectivity index (χ1v) is 8.91. The summed E-state index contributed by atoms with van der Waals surface area (Å²) < 4.78 is 5.68. The van der Waals surface area contributed by atoms with Crippen molar-refractivity contribution in [2.45, 2.75) is 19.9 Å². The van der Waals surface area contributed by atoms with Crippen LogP contribution in [0.5, 0.6) is 5.75 Å². The fourth-order valence-corrected chi connectivity index (χ4v) is 3.71. The molecule has 1 unspecified atom stereocenters. The molecule has 7 heteroatoms. The molecular formula is C18H19NO4S2. The van der Waals surface area contributed by atoms with E-state index in [9.17, 15) is 14.7 Å². The van der Waals surface area contributed by atoms with E-state index >= 15 is 0 Å². The summed E-state index contributed by atoms with van der Waals surface area (Å²) in [6.07, 6.45) is 3.36. The molecule has 1 N–H and O–H groups in total. The van der Waals surface area contributed by atoms with Crippen LogP contribution in [0, 0.1) is 5.92 Å². The van der Waals surface area contributed by atoms with Crippen molar-refractivity contribution < 1.29 is 19.4 Å². The molecule has 1 heterocycles. The summed E-state index contributed by atoms with van der Waals surface area (Å²) in [7, 11) is 0. The van der Waals surface area contributed by atoms with Crippen molar-refractivity contribution in [3.8, 4) is 5.75 Å². The maximum atomic E-state index is 12.6. The van der Waals surface area contributed by atoms with Gasteiger partial charge in [0.2, 0.25) is 0 Å². The molecule has 0 spiro atoms. The van der Waals surface area contributed by atoms with Crippen molar-refractivity contribution in [2.75, 3.05) is 6.61 Å². The Hall–Kier alpha value is -2.12. The molecule has 1 saturated heterocycles. The second-order valence-corrected chi connectivity index (χ2v) is 7.42. The van der Waals surface area contributed by atoms with E-state index in [1.807, 2.05) is 12.1 Å². The van der Waals surface area contributed by atoms with Crippen LogP contribution < -0.4 is 4.74 Å². The Morgan fingerprint density at radius 2 is 2.04 bits per heavy atom. The summed E-state index contributed by atoms with van der Waals surface area (Å²) in [6, 6.07) is 6.27. The number of thiocarbonyl (C=S) groups is 1. The number of carbonyl (C=O) groups excluding carboxylic acids is 1. The average Bonchev–Trinajstić information content (AvgIpc) is 2.81. The third kappa shape index (κ3) is 4.49. The first-order valence-electron chi connectivity index (χ1n) is 7.68. The standard InChI is InChI=1S/C18H19NO4S2/c1-4-9-23-13-7-5-12(6-8-13)10-14-16(20)19(18(24)25-14)15(11(2)3)17(21)22/h4-8,10-11,15H,1,9H2,2-3H3,(H,21,22)/b14-10-. The zero-order valence-corrected chi connectivity index (χ0v) is 15.6. The van der Waals surface area contributed by atoms with Gasteiger partial charge < -0.3 is 9.84 Å². The lowest BCUT2D eigenvalue weighted by molar-refractivity contribution is -0.146. The summed E-state index contributed by atoms with van der Waals surface area (Å²) >= 11 is 6.35. The third-order valence-corrected chi connectivity index (χ3v) is 4.86. The highest BCUT2D eigenvalue weighted by molar-refractivity contribution is 8.26. The van der Waals surface area contributed by atoms with Crippen LogP contribution in [0.4, 0.5) is 0 Å². The molecule has 1 aromatic rings. The van der Waals surface area contributed by atoms with Crippen molar-refractivity contribution in [1.29, 1.82) is 0 Å². The Kier molecular flexibility index (Phi) is 6.39. The van der Waals surface area contributed by atoms with E-state index in [2.05, 4.69) is 6.58 Å². The zero-order valence-electron chi connectivity index (χ0n) is 14.0. The van der Waals surface area contributed by atoms with Crippen LogP contribution in [0.1, 0.15) is 19.4 Å². The first kappa shape index (κ1) is 19.2. The largest absolute Gasteiger partial charge is 0.490 e. The Bertz CT molecular complexity index is 725. The van der Waals surface area contributed by atoms with Gasteiger partial charge in [0.15, 0.2) is 0 Å². The van der Waals surface area contributed by atoms with E-state index in [1.165, 1.54) is 4.90 Å². The monoisotopic (exact) mass is 377 g/mol. The maximum absolute atomic E-state index is 12.6. The lowest BCUT2D eigenvalue weighted by Gasteiger charge is -2.26. The molecule has 0 saturated carbocycles. The highest BCUT2D eigenvalue weighted by atomic mass is 32.2. The molecule has 0 bridgehead atoms. The van der Waals surface area contributed by atoms with E-state index in [1.54, 1.807) is 38.1 Å². The molecule has 0 aromatic heterocycles. The lowest BCUT2D eigenvalue weighted by atomic mass is 10.0. The number of carboxylic acid groups (broad SMARTS) is 1. The van der Waals surface area contributed by atoms with Crippen LogP contribution in [0.2, 0.25) is 0 Å². The molecule has 25 heavy (non-hydrogen) atoms. The van der Waals surface area contributed by atoms with Crippen LogP contribution >= 0.6 is 24.0 Å². The lowest BCUT2D eigenvalue weighted by Crippen LogP contribution is -2.47. The number of hydrogen-bond acceptors (Lipinski definition) is 5. The molecule has 1 aliphatic heterocycles. The van der Waals surface area contributed by atoms with Crippen LogP contribution in [0.3, 0.4) is 0 Å². The van der Waals surface area contributed by atoms with Gasteiger partial charge in [0.1, 0.15) is 22.7 Å². The van der Waals surface area contributed by atoms with Crippen molar-refractivity contribution in [3.63, 3.8) is 0 Å². The summed E-state index contributed by atoms with van der Waals surface area (Å²) in [6.45, 7) is 7.52. The Balaban J connectivity index is 2.22. The van der Waals surface area contributed by atoms with Crippen LogP contribution in [-0.4, -0.2) is 38.9 Å². The number of benzene rings is 1.